The summed E-state index contributed by atoms with van der Waals surface area (Å²) in [7, 11) is 7.00. The second kappa shape index (κ2) is 6.89. The number of halogens is 1. The number of benzene rings is 2. The second-order valence-corrected chi connectivity index (χ2v) is 6.66. The number of nitrogens with zero attached hydrogens (tertiary/aromatic N) is 1. The van der Waals surface area contributed by atoms with Crippen molar-refractivity contribution in [3.8, 4) is 34.1 Å². The summed E-state index contributed by atoms with van der Waals surface area (Å²) < 4.78 is 16.6. The van der Waals surface area contributed by atoms with Crippen molar-refractivity contribution < 1.29 is 19.3 Å². The highest BCUT2D eigenvalue weighted by atomic mass is 35.5. The highest BCUT2D eigenvalue weighted by molar-refractivity contribution is 5.88. The third-order valence-corrected chi connectivity index (χ3v) is 5.51. The van der Waals surface area contributed by atoms with Gasteiger partial charge >= 0.3 is 0 Å². The largest absolute Gasteiger partial charge is 0.504 e. The maximum absolute atomic E-state index is 11.0. The van der Waals surface area contributed by atoms with Crippen molar-refractivity contribution in [1.29, 1.82) is 0 Å². The van der Waals surface area contributed by atoms with Crippen molar-refractivity contribution in [3.05, 3.63) is 34.9 Å². The number of likely N-dealkylation sites (N-methyl/N-ethyl adjacent to an activating group) is 1. The molecule has 0 bridgehead atoms. The van der Waals surface area contributed by atoms with Gasteiger partial charge in [-0.3, -0.25) is 4.90 Å². The van der Waals surface area contributed by atoms with E-state index in [1.807, 2.05) is 12.1 Å². The van der Waals surface area contributed by atoms with Crippen LogP contribution in [0.15, 0.2) is 18.2 Å². The van der Waals surface area contributed by atoms with Gasteiger partial charge in [0.2, 0.25) is 0 Å². The van der Waals surface area contributed by atoms with Crippen LogP contribution in [0.5, 0.6) is 23.0 Å². The molecular weight excluding hydrogens is 354 g/mol. The van der Waals surface area contributed by atoms with E-state index in [2.05, 4.69) is 18.0 Å². The Morgan fingerprint density at radius 1 is 1.00 bits per heavy atom. The fourth-order valence-corrected chi connectivity index (χ4v) is 4.26. The summed E-state index contributed by atoms with van der Waals surface area (Å²) in [6, 6.07) is 6.23. The normalized spacial score (nSPS) is 17.6. The van der Waals surface area contributed by atoms with Crippen molar-refractivity contribution in [3.63, 3.8) is 0 Å². The first-order valence-corrected chi connectivity index (χ1v) is 8.47. The molecule has 0 radical (unpaired) electrons. The quantitative estimate of drug-likeness (QED) is 0.885. The van der Waals surface area contributed by atoms with Gasteiger partial charge in [-0.05, 0) is 48.7 Å². The Morgan fingerprint density at radius 2 is 1.73 bits per heavy atom. The predicted octanol–water partition coefficient (Wildman–Crippen LogP) is 3.59. The number of fused-ring (bicyclic) bond motifs is 2. The zero-order valence-electron chi connectivity index (χ0n) is 15.5. The third kappa shape index (κ3) is 2.49. The summed E-state index contributed by atoms with van der Waals surface area (Å²) in [5, 5.41) is 11.0. The summed E-state index contributed by atoms with van der Waals surface area (Å²) in [5.74, 6) is 2.01. The molecule has 0 unspecified atom stereocenters. The van der Waals surface area contributed by atoms with E-state index >= 15 is 0 Å². The van der Waals surface area contributed by atoms with E-state index in [0.29, 0.717) is 17.2 Å². The predicted molar refractivity (Wildman–Crippen MR) is 103 cm³/mol. The molecule has 2 aromatic rings. The van der Waals surface area contributed by atoms with Gasteiger partial charge in [0, 0.05) is 23.7 Å². The average Bonchev–Trinajstić information content (AvgIpc) is 2.64. The van der Waals surface area contributed by atoms with Gasteiger partial charge in [0.15, 0.2) is 23.0 Å². The highest BCUT2D eigenvalue weighted by Crippen LogP contribution is 2.55. The molecule has 1 aliphatic heterocycles. The van der Waals surface area contributed by atoms with Crippen LogP contribution < -0.4 is 14.2 Å². The molecule has 6 heteroatoms. The van der Waals surface area contributed by atoms with Crippen LogP contribution in [0.25, 0.3) is 11.1 Å². The standard InChI is InChI=1S/C20H23NO4.ClH/c1-21-8-7-12-10-15(24-3)19(22)18-16(12)13(21)9-11-5-6-14(23-2)20(25-4)17(11)18;/h5-6,10,13,22H,7-9H2,1-4H3;1H/t13-;/m0./s1. The lowest BCUT2D eigenvalue weighted by Crippen LogP contribution is -2.35. The molecule has 0 saturated carbocycles. The first-order valence-electron chi connectivity index (χ1n) is 8.47. The fourth-order valence-electron chi connectivity index (χ4n) is 4.26. The molecule has 0 fully saturated rings. The van der Waals surface area contributed by atoms with Crippen LogP contribution in [0.3, 0.4) is 0 Å². The van der Waals surface area contributed by atoms with Crippen molar-refractivity contribution in [2.45, 2.75) is 18.9 Å². The Labute approximate surface area is 159 Å². The van der Waals surface area contributed by atoms with Crippen LogP contribution in [0, 0.1) is 0 Å². The zero-order chi connectivity index (χ0) is 17.7. The molecule has 26 heavy (non-hydrogen) atoms. The summed E-state index contributed by atoms with van der Waals surface area (Å²) in [5.41, 5.74) is 5.32. The molecule has 1 heterocycles. The molecule has 0 aromatic heterocycles. The van der Waals surface area contributed by atoms with Gasteiger partial charge in [-0.2, -0.15) is 0 Å². The number of phenols is 1. The van der Waals surface area contributed by atoms with E-state index in [-0.39, 0.29) is 24.2 Å². The van der Waals surface area contributed by atoms with Gasteiger partial charge in [-0.15, -0.1) is 12.4 Å². The Balaban J connectivity index is 0.00000196. The lowest BCUT2D eigenvalue weighted by Gasteiger charge is -2.40. The average molecular weight is 378 g/mol. The Bertz CT molecular complexity index is 852. The molecule has 1 atom stereocenters. The summed E-state index contributed by atoms with van der Waals surface area (Å²) >= 11 is 0. The van der Waals surface area contributed by atoms with E-state index in [4.69, 9.17) is 14.2 Å². The molecule has 2 aliphatic rings. The van der Waals surface area contributed by atoms with E-state index in [1.54, 1.807) is 21.3 Å². The van der Waals surface area contributed by atoms with E-state index in [0.717, 1.165) is 36.1 Å². The number of aromatic hydroxyl groups is 1. The smallest absolute Gasteiger partial charge is 0.168 e. The van der Waals surface area contributed by atoms with Gasteiger partial charge in [-0.25, -0.2) is 0 Å². The van der Waals surface area contributed by atoms with E-state index in [1.165, 1.54) is 11.1 Å². The number of phenolic OH excluding ortho intramolecular Hbond substituents is 1. The molecular formula is C20H24ClNO4. The Hall–Kier alpha value is -2.11. The monoisotopic (exact) mass is 377 g/mol. The molecule has 0 spiro atoms. The van der Waals surface area contributed by atoms with Crippen molar-refractivity contribution in [1.82, 2.24) is 4.90 Å². The molecule has 1 aliphatic carbocycles. The number of hydrogen-bond acceptors (Lipinski definition) is 5. The molecule has 0 saturated heterocycles. The van der Waals surface area contributed by atoms with Gasteiger partial charge < -0.3 is 19.3 Å². The second-order valence-electron chi connectivity index (χ2n) is 6.66. The number of hydrogen-bond donors (Lipinski definition) is 1. The molecule has 0 amide bonds. The van der Waals surface area contributed by atoms with Crippen LogP contribution in [-0.4, -0.2) is 44.9 Å². The van der Waals surface area contributed by atoms with Crippen LogP contribution in [0.4, 0.5) is 0 Å². The minimum atomic E-state index is 0. The minimum Gasteiger partial charge on any atom is -0.504 e. The number of rotatable bonds is 3. The third-order valence-electron chi connectivity index (χ3n) is 5.51. The van der Waals surface area contributed by atoms with E-state index < -0.39 is 0 Å². The summed E-state index contributed by atoms with van der Waals surface area (Å²) in [6.07, 6.45) is 1.82. The van der Waals surface area contributed by atoms with Crippen LogP contribution in [-0.2, 0) is 12.8 Å². The van der Waals surface area contributed by atoms with Gasteiger partial charge in [0.1, 0.15) is 0 Å². The minimum absolute atomic E-state index is 0. The van der Waals surface area contributed by atoms with Crippen molar-refractivity contribution in [2.75, 3.05) is 34.9 Å². The molecule has 5 nitrogen and oxygen atoms in total. The fraction of sp³-hybridized carbons (Fsp3) is 0.400. The summed E-state index contributed by atoms with van der Waals surface area (Å²) in [6.45, 7) is 0.994. The summed E-state index contributed by atoms with van der Waals surface area (Å²) in [4.78, 5) is 2.36. The van der Waals surface area contributed by atoms with Crippen LogP contribution in [0.2, 0.25) is 0 Å². The lowest BCUT2D eigenvalue weighted by atomic mass is 9.76. The Kier molecular flexibility index (Phi) is 4.95. The lowest BCUT2D eigenvalue weighted by molar-refractivity contribution is 0.226. The topological polar surface area (TPSA) is 51.2 Å². The van der Waals surface area contributed by atoms with Gasteiger partial charge in [-0.1, -0.05) is 6.07 Å². The Morgan fingerprint density at radius 3 is 2.38 bits per heavy atom. The number of ether oxygens (including phenoxy) is 3. The van der Waals surface area contributed by atoms with Crippen molar-refractivity contribution >= 4 is 12.4 Å². The first-order chi connectivity index (χ1) is 12.1. The molecule has 140 valence electrons. The highest BCUT2D eigenvalue weighted by Gasteiger charge is 2.37. The molecule has 2 aromatic carbocycles. The van der Waals surface area contributed by atoms with Crippen molar-refractivity contribution in [2.24, 2.45) is 0 Å². The maximum atomic E-state index is 11.0. The maximum Gasteiger partial charge on any atom is 0.168 e. The van der Waals surface area contributed by atoms with Gasteiger partial charge in [0.05, 0.1) is 21.3 Å². The van der Waals surface area contributed by atoms with E-state index in [9.17, 15) is 5.11 Å². The molecule has 4 rings (SSSR count). The molecule has 1 N–H and O–H groups in total. The van der Waals surface area contributed by atoms with Gasteiger partial charge in [0.25, 0.3) is 0 Å². The number of methoxy groups -OCH3 is 3. The SMILES string of the molecule is COc1cc2c3c(c1O)-c1c(ccc(OC)c1OC)C[C@@H]3N(C)CC2.Cl. The zero-order valence-corrected chi connectivity index (χ0v) is 16.3. The van der Waals surface area contributed by atoms with Crippen LogP contribution >= 0.6 is 12.4 Å². The van der Waals surface area contributed by atoms with Crippen LogP contribution in [0.1, 0.15) is 22.7 Å². The first kappa shape index (κ1) is 18.7.